The molecule has 2 heterocycles. The molecule has 1 saturated heterocycles. The molecule has 0 spiro atoms. The predicted octanol–water partition coefficient (Wildman–Crippen LogP) is 0.959. The van der Waals surface area contributed by atoms with Gasteiger partial charge in [-0.2, -0.15) is 5.10 Å². The van der Waals surface area contributed by atoms with Gasteiger partial charge in [0, 0.05) is 32.0 Å². The molecule has 0 radical (unpaired) electrons. The van der Waals surface area contributed by atoms with Crippen molar-refractivity contribution >= 4 is 15.7 Å². The molecule has 1 aliphatic rings. The summed E-state index contributed by atoms with van der Waals surface area (Å²) in [5.41, 5.74) is 3.24. The molecule has 1 aliphatic heterocycles. The highest BCUT2D eigenvalue weighted by atomic mass is 32.2. The Hall–Kier alpha value is -1.45. The van der Waals surface area contributed by atoms with Crippen molar-refractivity contribution in [1.82, 2.24) is 15.3 Å². The van der Waals surface area contributed by atoms with Crippen LogP contribution < -0.4 is 5.48 Å². The van der Waals surface area contributed by atoms with Gasteiger partial charge in [-0.15, -0.1) is 0 Å². The van der Waals surface area contributed by atoms with Gasteiger partial charge in [-0.1, -0.05) is 0 Å². The van der Waals surface area contributed by atoms with Crippen LogP contribution in [0.3, 0.4) is 0 Å². The summed E-state index contributed by atoms with van der Waals surface area (Å²) in [5.74, 6) is -0.692. The number of aryl methyl sites for hydroxylation is 2. The second-order valence-corrected chi connectivity index (χ2v) is 8.82. The number of hydrogen-bond acceptors (Lipinski definition) is 6. The van der Waals surface area contributed by atoms with Crippen molar-refractivity contribution in [2.75, 3.05) is 12.9 Å². The molecule has 8 nitrogen and oxygen atoms in total. The van der Waals surface area contributed by atoms with Gasteiger partial charge >= 0.3 is 0 Å². The van der Waals surface area contributed by atoms with E-state index in [4.69, 9.17) is 9.57 Å². The zero-order valence-corrected chi connectivity index (χ0v) is 15.1. The largest absolute Gasteiger partial charge is 0.350 e. The monoisotopic (exact) mass is 359 g/mol. The van der Waals surface area contributed by atoms with Crippen LogP contribution in [-0.2, 0) is 30.8 Å². The molecule has 2 atom stereocenters. The molecule has 1 unspecified atom stereocenters. The van der Waals surface area contributed by atoms with Gasteiger partial charge in [0.15, 0.2) is 20.9 Å². The smallest absolute Gasteiger partial charge is 0.264 e. The Balaban J connectivity index is 2.01. The molecule has 0 aliphatic carbocycles. The lowest BCUT2D eigenvalue weighted by molar-refractivity contribution is -0.201. The minimum atomic E-state index is -3.65. The lowest BCUT2D eigenvalue weighted by atomic mass is 10.1. The van der Waals surface area contributed by atoms with Crippen LogP contribution in [-0.4, -0.2) is 48.0 Å². The van der Waals surface area contributed by atoms with E-state index >= 15 is 0 Å². The van der Waals surface area contributed by atoms with Gasteiger partial charge in [-0.3, -0.25) is 9.48 Å². The number of hydroxylamine groups is 1. The Labute approximate surface area is 142 Å². The molecule has 1 aromatic rings. The molecule has 2 rings (SSSR count). The quantitative estimate of drug-likeness (QED) is 0.728. The maximum Gasteiger partial charge on any atom is 0.264 e. The molecule has 136 valence electrons. The van der Waals surface area contributed by atoms with Crippen LogP contribution >= 0.6 is 0 Å². The minimum Gasteiger partial charge on any atom is -0.350 e. The van der Waals surface area contributed by atoms with Crippen LogP contribution in [0.15, 0.2) is 12.4 Å². The van der Waals surface area contributed by atoms with Crippen LogP contribution in [0.5, 0.6) is 0 Å². The molecular formula is C15H25N3O5S. The van der Waals surface area contributed by atoms with Crippen LogP contribution in [0.1, 0.15) is 38.2 Å². The second kappa shape index (κ2) is 7.62. The second-order valence-electron chi connectivity index (χ2n) is 6.38. The highest BCUT2D eigenvalue weighted by Gasteiger charge is 2.44. The van der Waals surface area contributed by atoms with Crippen molar-refractivity contribution in [3.05, 3.63) is 18.0 Å². The van der Waals surface area contributed by atoms with Crippen molar-refractivity contribution in [3.63, 3.8) is 0 Å². The zero-order chi connectivity index (χ0) is 17.8. The molecule has 1 N–H and O–H groups in total. The van der Waals surface area contributed by atoms with Crippen LogP contribution in [0, 0.1) is 6.92 Å². The van der Waals surface area contributed by atoms with Crippen LogP contribution in [0.25, 0.3) is 0 Å². The van der Waals surface area contributed by atoms with E-state index in [9.17, 15) is 13.2 Å². The summed E-state index contributed by atoms with van der Waals surface area (Å²) in [6.07, 6.45) is 6.67. The number of carbonyl (C=O) groups is 1. The fourth-order valence-electron chi connectivity index (χ4n) is 2.42. The first-order valence-electron chi connectivity index (χ1n) is 7.99. The molecule has 0 aromatic carbocycles. The summed E-state index contributed by atoms with van der Waals surface area (Å²) in [7, 11) is -3.65. The average molecular weight is 359 g/mol. The van der Waals surface area contributed by atoms with Gasteiger partial charge in [0.2, 0.25) is 0 Å². The fourth-order valence-corrected chi connectivity index (χ4v) is 3.26. The highest BCUT2D eigenvalue weighted by Crippen LogP contribution is 2.23. The van der Waals surface area contributed by atoms with Crippen molar-refractivity contribution in [1.29, 1.82) is 0 Å². The SMILES string of the molecule is Cc1cnn(CC[C@](C)(C(=O)NOC2CCCCO2)S(C)(=O)=O)c1. The van der Waals surface area contributed by atoms with Crippen LogP contribution in [0.4, 0.5) is 0 Å². The minimum absolute atomic E-state index is 0.0909. The first-order chi connectivity index (χ1) is 11.2. The molecule has 1 aromatic heterocycles. The number of amides is 1. The summed E-state index contributed by atoms with van der Waals surface area (Å²) in [5, 5.41) is 4.12. The first-order valence-corrected chi connectivity index (χ1v) is 9.88. The Morgan fingerprint density at radius 2 is 2.29 bits per heavy atom. The molecule has 24 heavy (non-hydrogen) atoms. The third-order valence-corrected chi connectivity index (χ3v) is 6.33. The van der Waals surface area contributed by atoms with Crippen molar-refractivity contribution in [2.24, 2.45) is 0 Å². The molecule has 0 saturated carbocycles. The van der Waals surface area contributed by atoms with Crippen molar-refractivity contribution in [2.45, 2.75) is 57.1 Å². The van der Waals surface area contributed by atoms with Gasteiger partial charge in [0.05, 0.1) is 6.20 Å². The number of hydrogen-bond donors (Lipinski definition) is 1. The number of carbonyl (C=O) groups excluding carboxylic acids is 1. The summed E-state index contributed by atoms with van der Waals surface area (Å²) < 4.78 is 29.8. The van der Waals surface area contributed by atoms with Gasteiger partial charge < -0.3 is 4.74 Å². The summed E-state index contributed by atoms with van der Waals surface area (Å²) in [4.78, 5) is 17.7. The summed E-state index contributed by atoms with van der Waals surface area (Å²) in [6.45, 7) is 4.18. The third kappa shape index (κ3) is 4.55. The lowest BCUT2D eigenvalue weighted by Gasteiger charge is -2.28. The first kappa shape index (κ1) is 18.9. The van der Waals surface area contributed by atoms with E-state index in [2.05, 4.69) is 10.6 Å². The Bertz CT molecular complexity index is 666. The lowest BCUT2D eigenvalue weighted by Crippen LogP contribution is -2.51. The van der Waals surface area contributed by atoms with Gasteiger partial charge in [-0.05, 0) is 38.7 Å². The van der Waals surface area contributed by atoms with Crippen LogP contribution in [0.2, 0.25) is 0 Å². The molecular weight excluding hydrogens is 334 g/mol. The number of nitrogens with one attached hydrogen (secondary N) is 1. The van der Waals surface area contributed by atoms with Gasteiger partial charge in [-0.25, -0.2) is 18.7 Å². The van der Waals surface area contributed by atoms with Crippen molar-refractivity contribution in [3.8, 4) is 0 Å². The maximum atomic E-state index is 12.5. The summed E-state index contributed by atoms with van der Waals surface area (Å²) >= 11 is 0. The Morgan fingerprint density at radius 3 is 2.83 bits per heavy atom. The molecule has 1 amide bonds. The molecule has 0 bridgehead atoms. The molecule has 1 fully saturated rings. The van der Waals surface area contributed by atoms with E-state index in [0.717, 1.165) is 24.7 Å². The zero-order valence-electron chi connectivity index (χ0n) is 14.3. The third-order valence-electron chi connectivity index (χ3n) is 4.30. The molecule has 9 heteroatoms. The number of sulfone groups is 1. The Kier molecular flexibility index (Phi) is 6.00. The highest BCUT2D eigenvalue weighted by molar-refractivity contribution is 7.92. The topological polar surface area (TPSA) is 99.5 Å². The van der Waals surface area contributed by atoms with E-state index in [1.54, 1.807) is 17.1 Å². The number of rotatable bonds is 7. The van der Waals surface area contributed by atoms with E-state index in [-0.39, 0.29) is 6.42 Å². The van der Waals surface area contributed by atoms with E-state index < -0.39 is 26.8 Å². The maximum absolute atomic E-state index is 12.5. The fraction of sp³-hybridized carbons (Fsp3) is 0.733. The van der Waals surface area contributed by atoms with E-state index in [0.29, 0.717) is 19.6 Å². The normalized spacial score (nSPS) is 21.2. The number of nitrogens with zero attached hydrogens (tertiary/aromatic N) is 2. The number of aromatic nitrogens is 2. The van der Waals surface area contributed by atoms with Crippen molar-refractivity contribution < 1.29 is 22.8 Å². The van der Waals surface area contributed by atoms with Gasteiger partial charge in [0.1, 0.15) is 0 Å². The van der Waals surface area contributed by atoms with E-state index in [1.165, 1.54) is 6.92 Å². The predicted molar refractivity (Wildman–Crippen MR) is 87.6 cm³/mol. The Morgan fingerprint density at radius 1 is 1.54 bits per heavy atom. The van der Waals surface area contributed by atoms with E-state index in [1.807, 2.05) is 6.92 Å². The summed E-state index contributed by atoms with van der Waals surface area (Å²) in [6, 6.07) is 0. The van der Waals surface area contributed by atoms with Gasteiger partial charge in [0.25, 0.3) is 5.91 Å². The average Bonchev–Trinajstić information content (AvgIpc) is 2.95. The standard InChI is InChI=1S/C15H25N3O5S/c1-12-10-16-18(11-12)8-7-15(2,24(3,20)21)14(19)17-23-13-6-4-5-9-22-13/h10-11,13H,4-9H2,1-3H3,(H,17,19)/t13?,15-/m1/s1. The number of ether oxygens (including phenoxy) is 1.